The molecule has 1 rings (SSSR count). The molecule has 0 unspecified atom stereocenters. The first-order chi connectivity index (χ1) is 7.84. The summed E-state index contributed by atoms with van der Waals surface area (Å²) in [5.41, 5.74) is 0. The summed E-state index contributed by atoms with van der Waals surface area (Å²) in [5, 5.41) is 0. The van der Waals surface area contributed by atoms with Crippen molar-refractivity contribution in [3.63, 3.8) is 0 Å². The van der Waals surface area contributed by atoms with Gasteiger partial charge >= 0.3 is 0 Å². The van der Waals surface area contributed by atoms with Gasteiger partial charge in [-0.25, -0.2) is 0 Å². The van der Waals surface area contributed by atoms with Crippen molar-refractivity contribution in [3.05, 3.63) is 12.2 Å². The van der Waals surface area contributed by atoms with Crippen molar-refractivity contribution < 1.29 is 4.79 Å². The number of nitrogens with zero attached hydrogens (tertiary/aromatic N) is 1. The van der Waals surface area contributed by atoms with E-state index >= 15 is 0 Å². The van der Waals surface area contributed by atoms with Gasteiger partial charge in [0.2, 0.25) is 5.91 Å². The highest BCUT2D eigenvalue weighted by atomic mass is 16.2. The summed E-state index contributed by atoms with van der Waals surface area (Å²) >= 11 is 0. The summed E-state index contributed by atoms with van der Waals surface area (Å²) in [6.07, 6.45) is 13.8. The molecule has 0 saturated carbocycles. The van der Waals surface area contributed by atoms with E-state index in [2.05, 4.69) is 19.1 Å². The molecule has 0 aromatic heterocycles. The van der Waals surface area contributed by atoms with Gasteiger partial charge < -0.3 is 4.90 Å². The van der Waals surface area contributed by atoms with Crippen LogP contribution in [0.25, 0.3) is 0 Å². The summed E-state index contributed by atoms with van der Waals surface area (Å²) in [4.78, 5) is 13.3. The molecule has 2 nitrogen and oxygen atoms in total. The molecular weight excluding hydrogens is 198 g/mol. The van der Waals surface area contributed by atoms with E-state index in [0.29, 0.717) is 5.91 Å². The summed E-state index contributed by atoms with van der Waals surface area (Å²) in [6, 6.07) is 0. The average molecular weight is 223 g/mol. The van der Waals surface area contributed by atoms with Gasteiger partial charge in [-0.3, -0.25) is 4.79 Å². The van der Waals surface area contributed by atoms with Crippen LogP contribution in [0.4, 0.5) is 0 Å². The van der Waals surface area contributed by atoms with Crippen LogP contribution >= 0.6 is 0 Å². The molecule has 16 heavy (non-hydrogen) atoms. The zero-order chi connectivity index (χ0) is 11.6. The third-order valence-electron chi connectivity index (χ3n) is 3.11. The van der Waals surface area contributed by atoms with Crippen LogP contribution in [0.5, 0.6) is 0 Å². The van der Waals surface area contributed by atoms with Crippen LogP contribution in [0, 0.1) is 0 Å². The SMILES string of the molecule is CCCCC/C=C\CCCN1CCCC1=O. The monoisotopic (exact) mass is 223 g/mol. The van der Waals surface area contributed by atoms with Crippen LogP contribution < -0.4 is 0 Å². The van der Waals surface area contributed by atoms with Crippen LogP contribution in [-0.2, 0) is 4.79 Å². The largest absolute Gasteiger partial charge is 0.343 e. The molecule has 0 N–H and O–H groups in total. The molecular formula is C14H25NO. The number of amides is 1. The number of hydrogen-bond donors (Lipinski definition) is 0. The minimum Gasteiger partial charge on any atom is -0.343 e. The maximum absolute atomic E-state index is 11.3. The van der Waals surface area contributed by atoms with Crippen molar-refractivity contribution >= 4 is 5.91 Å². The second-order valence-electron chi connectivity index (χ2n) is 4.59. The van der Waals surface area contributed by atoms with Crippen LogP contribution in [0.2, 0.25) is 0 Å². The summed E-state index contributed by atoms with van der Waals surface area (Å²) in [6.45, 7) is 4.17. The number of carbonyl (C=O) groups is 1. The number of likely N-dealkylation sites (tertiary alicyclic amines) is 1. The number of hydrogen-bond acceptors (Lipinski definition) is 1. The molecule has 1 aliphatic heterocycles. The highest BCUT2D eigenvalue weighted by Gasteiger charge is 2.18. The van der Waals surface area contributed by atoms with Crippen molar-refractivity contribution in [2.24, 2.45) is 0 Å². The Balaban J connectivity index is 1.93. The highest BCUT2D eigenvalue weighted by Crippen LogP contribution is 2.10. The van der Waals surface area contributed by atoms with Crippen molar-refractivity contribution in [1.29, 1.82) is 0 Å². The van der Waals surface area contributed by atoms with Crippen molar-refractivity contribution in [2.45, 2.75) is 58.3 Å². The summed E-state index contributed by atoms with van der Waals surface area (Å²) in [7, 11) is 0. The minimum atomic E-state index is 0.354. The lowest BCUT2D eigenvalue weighted by Gasteiger charge is -2.13. The van der Waals surface area contributed by atoms with Gasteiger partial charge in [-0.1, -0.05) is 31.9 Å². The van der Waals surface area contributed by atoms with Crippen LogP contribution in [-0.4, -0.2) is 23.9 Å². The Hall–Kier alpha value is -0.790. The Bertz CT molecular complexity index is 223. The lowest BCUT2D eigenvalue weighted by atomic mass is 10.2. The predicted molar refractivity (Wildman–Crippen MR) is 68.3 cm³/mol. The standard InChI is InChI=1S/C14H25NO/c1-2-3-4-5-6-7-8-9-12-15-13-10-11-14(15)16/h6-7H,2-5,8-13H2,1H3/b7-6-. The van der Waals surface area contributed by atoms with E-state index in [-0.39, 0.29) is 0 Å². The van der Waals surface area contributed by atoms with E-state index in [1.54, 1.807) is 0 Å². The van der Waals surface area contributed by atoms with Gasteiger partial charge in [0.05, 0.1) is 0 Å². The van der Waals surface area contributed by atoms with Crippen molar-refractivity contribution in [3.8, 4) is 0 Å². The smallest absolute Gasteiger partial charge is 0.222 e. The summed E-state index contributed by atoms with van der Waals surface area (Å²) < 4.78 is 0. The Morgan fingerprint density at radius 1 is 1.19 bits per heavy atom. The second kappa shape index (κ2) is 8.37. The van der Waals surface area contributed by atoms with Gasteiger partial charge in [0, 0.05) is 19.5 Å². The fourth-order valence-electron chi connectivity index (χ4n) is 2.09. The third kappa shape index (κ3) is 5.34. The van der Waals surface area contributed by atoms with Gasteiger partial charge in [0.25, 0.3) is 0 Å². The van der Waals surface area contributed by atoms with Crippen LogP contribution in [0.3, 0.4) is 0 Å². The first kappa shape index (κ1) is 13.3. The fourth-order valence-corrected chi connectivity index (χ4v) is 2.09. The molecule has 0 atom stereocenters. The van der Waals surface area contributed by atoms with Gasteiger partial charge in [0.15, 0.2) is 0 Å². The zero-order valence-corrected chi connectivity index (χ0v) is 10.6. The zero-order valence-electron chi connectivity index (χ0n) is 10.6. The topological polar surface area (TPSA) is 20.3 Å². The van der Waals surface area contributed by atoms with Crippen molar-refractivity contribution in [2.75, 3.05) is 13.1 Å². The first-order valence-electron chi connectivity index (χ1n) is 6.77. The molecule has 1 aliphatic rings. The third-order valence-corrected chi connectivity index (χ3v) is 3.11. The maximum Gasteiger partial charge on any atom is 0.222 e. The molecule has 0 aromatic rings. The van der Waals surface area contributed by atoms with Gasteiger partial charge in [-0.15, -0.1) is 0 Å². The number of carbonyl (C=O) groups excluding carboxylic acids is 1. The lowest BCUT2D eigenvalue weighted by molar-refractivity contribution is -0.127. The molecule has 2 heteroatoms. The Morgan fingerprint density at radius 3 is 2.56 bits per heavy atom. The predicted octanol–water partition coefficient (Wildman–Crippen LogP) is 3.53. The minimum absolute atomic E-state index is 0.354. The van der Waals surface area contributed by atoms with E-state index < -0.39 is 0 Å². The second-order valence-corrected chi connectivity index (χ2v) is 4.59. The lowest BCUT2D eigenvalue weighted by Crippen LogP contribution is -2.25. The molecule has 0 spiro atoms. The van der Waals surface area contributed by atoms with E-state index in [0.717, 1.165) is 38.8 Å². The van der Waals surface area contributed by atoms with E-state index in [9.17, 15) is 4.79 Å². The molecule has 0 aliphatic carbocycles. The van der Waals surface area contributed by atoms with E-state index in [1.165, 1.54) is 25.7 Å². The van der Waals surface area contributed by atoms with Gasteiger partial charge in [0.1, 0.15) is 0 Å². The Kier molecular flexibility index (Phi) is 6.95. The normalized spacial score (nSPS) is 16.6. The average Bonchev–Trinajstić information content (AvgIpc) is 2.68. The Morgan fingerprint density at radius 2 is 1.94 bits per heavy atom. The van der Waals surface area contributed by atoms with Crippen LogP contribution in [0.1, 0.15) is 58.3 Å². The molecule has 1 saturated heterocycles. The van der Waals surface area contributed by atoms with E-state index in [1.807, 2.05) is 4.90 Å². The van der Waals surface area contributed by atoms with Gasteiger partial charge in [-0.05, 0) is 32.1 Å². The Labute approximate surface area is 99.7 Å². The number of allylic oxidation sites excluding steroid dienone is 2. The van der Waals surface area contributed by atoms with E-state index in [4.69, 9.17) is 0 Å². The summed E-state index contributed by atoms with van der Waals surface area (Å²) in [5.74, 6) is 0.354. The molecule has 0 aromatic carbocycles. The molecule has 92 valence electrons. The molecule has 1 fully saturated rings. The maximum atomic E-state index is 11.3. The highest BCUT2D eigenvalue weighted by molar-refractivity contribution is 5.77. The quantitative estimate of drug-likeness (QED) is 0.455. The molecule has 0 radical (unpaired) electrons. The van der Waals surface area contributed by atoms with Gasteiger partial charge in [-0.2, -0.15) is 0 Å². The fraction of sp³-hybridized carbons (Fsp3) is 0.786. The molecule has 1 heterocycles. The molecule has 0 bridgehead atoms. The van der Waals surface area contributed by atoms with Crippen molar-refractivity contribution in [1.82, 2.24) is 4.90 Å². The number of unbranched alkanes of at least 4 members (excludes halogenated alkanes) is 4. The van der Waals surface area contributed by atoms with Crippen LogP contribution in [0.15, 0.2) is 12.2 Å². The first-order valence-corrected chi connectivity index (χ1v) is 6.77. The molecule has 1 amide bonds. The number of rotatable bonds is 8.